The molecule has 118 valence electrons. The average Bonchev–Trinajstić information content (AvgIpc) is 2.84. The number of aliphatic hydroxyl groups is 1. The highest BCUT2D eigenvalue weighted by atomic mass is 16.3. The summed E-state index contributed by atoms with van der Waals surface area (Å²) < 4.78 is 2.04. The van der Waals surface area contributed by atoms with Gasteiger partial charge in [-0.3, -0.25) is 4.79 Å². The van der Waals surface area contributed by atoms with Gasteiger partial charge in [-0.25, -0.2) is 4.98 Å². The summed E-state index contributed by atoms with van der Waals surface area (Å²) in [5, 5.41) is 13.3. The normalized spacial score (nSPS) is 22.0. The van der Waals surface area contributed by atoms with Gasteiger partial charge >= 0.3 is 0 Å². The lowest BCUT2D eigenvalue weighted by atomic mass is 9.89. The van der Waals surface area contributed by atoms with E-state index in [9.17, 15) is 9.90 Å². The Morgan fingerprint density at radius 3 is 2.95 bits per heavy atom. The molecule has 22 heavy (non-hydrogen) atoms. The first-order valence-electron chi connectivity index (χ1n) is 7.62. The largest absolute Gasteiger partial charge is 0.388 e. The average molecular weight is 302 g/mol. The lowest BCUT2D eigenvalue weighted by molar-refractivity contribution is -0.125. The van der Waals surface area contributed by atoms with Crippen LogP contribution >= 0.6 is 0 Å². The Kier molecular flexibility index (Phi) is 3.78. The number of carbonyl (C=O) groups is 1. The molecule has 0 bridgehead atoms. The third kappa shape index (κ3) is 2.66. The number of piperidine rings is 1. The van der Waals surface area contributed by atoms with E-state index >= 15 is 0 Å². The summed E-state index contributed by atoms with van der Waals surface area (Å²) in [5.74, 6) is 0.714. The molecule has 1 saturated heterocycles. The summed E-state index contributed by atoms with van der Waals surface area (Å²) in [7, 11) is 3.58. The molecule has 1 aliphatic rings. The highest BCUT2D eigenvalue weighted by Gasteiger charge is 2.36. The fourth-order valence-electron chi connectivity index (χ4n) is 3.23. The van der Waals surface area contributed by atoms with E-state index in [4.69, 9.17) is 0 Å². The Balaban J connectivity index is 1.87. The van der Waals surface area contributed by atoms with Gasteiger partial charge in [0.15, 0.2) is 0 Å². The van der Waals surface area contributed by atoms with E-state index in [0.29, 0.717) is 13.0 Å². The van der Waals surface area contributed by atoms with Crippen LogP contribution in [0.5, 0.6) is 0 Å². The number of hydrogen-bond acceptors (Lipinski definition) is 4. The number of β-amino-alcohol motifs (C(OH)–C–C–N with tert-alkyl or cyclic N) is 1. The fraction of sp³-hybridized carbons (Fsp3) is 0.500. The number of para-hydroxylation sites is 2. The van der Waals surface area contributed by atoms with Crippen LogP contribution in [-0.2, 0) is 11.8 Å². The minimum atomic E-state index is -0.990. The van der Waals surface area contributed by atoms with Crippen LogP contribution in [0.25, 0.3) is 11.0 Å². The topological polar surface area (TPSA) is 70.4 Å². The van der Waals surface area contributed by atoms with Crippen LogP contribution in [0, 0.1) is 0 Å². The van der Waals surface area contributed by atoms with Crippen molar-refractivity contribution in [2.75, 3.05) is 25.0 Å². The SMILES string of the molecule is CNC(=O)CC1(O)CCCN(c2nc3ccccc3n2C)C1. The molecule has 1 atom stereocenters. The first kappa shape index (κ1) is 14.8. The quantitative estimate of drug-likeness (QED) is 0.889. The van der Waals surface area contributed by atoms with Gasteiger partial charge < -0.3 is 19.9 Å². The Morgan fingerprint density at radius 2 is 2.23 bits per heavy atom. The molecule has 3 rings (SSSR count). The smallest absolute Gasteiger partial charge is 0.222 e. The highest BCUT2D eigenvalue weighted by molar-refractivity contribution is 5.79. The number of nitrogens with one attached hydrogen (secondary N) is 1. The van der Waals surface area contributed by atoms with Crippen molar-refractivity contribution in [3.8, 4) is 0 Å². The maximum Gasteiger partial charge on any atom is 0.222 e. The molecular formula is C16H22N4O2. The van der Waals surface area contributed by atoms with Crippen molar-refractivity contribution >= 4 is 22.9 Å². The zero-order valence-electron chi connectivity index (χ0n) is 13.0. The lowest BCUT2D eigenvalue weighted by Crippen LogP contribution is -2.51. The Bertz CT molecular complexity index is 697. The molecular weight excluding hydrogens is 280 g/mol. The first-order chi connectivity index (χ1) is 10.5. The van der Waals surface area contributed by atoms with Crippen molar-refractivity contribution in [1.29, 1.82) is 0 Å². The molecule has 0 spiro atoms. The number of nitrogens with zero attached hydrogens (tertiary/aromatic N) is 3. The van der Waals surface area contributed by atoms with E-state index in [0.717, 1.165) is 29.9 Å². The molecule has 1 aromatic carbocycles. The van der Waals surface area contributed by atoms with E-state index in [2.05, 4.69) is 15.2 Å². The van der Waals surface area contributed by atoms with Crippen LogP contribution in [0.3, 0.4) is 0 Å². The number of fused-ring (bicyclic) bond motifs is 1. The summed E-state index contributed by atoms with van der Waals surface area (Å²) in [6, 6.07) is 7.98. The Labute approximate surface area is 129 Å². The summed E-state index contributed by atoms with van der Waals surface area (Å²) >= 11 is 0. The van der Waals surface area contributed by atoms with Gasteiger partial charge in [0.2, 0.25) is 11.9 Å². The number of aryl methyl sites for hydroxylation is 1. The van der Waals surface area contributed by atoms with Gasteiger partial charge in [-0.15, -0.1) is 0 Å². The van der Waals surface area contributed by atoms with Gasteiger partial charge in [0.05, 0.1) is 29.6 Å². The molecule has 0 aliphatic carbocycles. The number of hydrogen-bond donors (Lipinski definition) is 2. The summed E-state index contributed by atoms with van der Waals surface area (Å²) in [6.07, 6.45) is 1.61. The molecule has 6 heteroatoms. The molecule has 0 saturated carbocycles. The summed E-state index contributed by atoms with van der Waals surface area (Å²) in [4.78, 5) is 18.4. The zero-order valence-corrected chi connectivity index (χ0v) is 13.0. The third-order valence-corrected chi connectivity index (χ3v) is 4.37. The molecule has 1 amide bonds. The maximum absolute atomic E-state index is 11.6. The van der Waals surface area contributed by atoms with E-state index in [1.165, 1.54) is 0 Å². The molecule has 0 radical (unpaired) electrons. The van der Waals surface area contributed by atoms with Crippen molar-refractivity contribution in [3.05, 3.63) is 24.3 Å². The number of imidazole rings is 1. The lowest BCUT2D eigenvalue weighted by Gasteiger charge is -2.39. The van der Waals surface area contributed by atoms with Crippen LogP contribution in [0.1, 0.15) is 19.3 Å². The predicted octanol–water partition coefficient (Wildman–Crippen LogP) is 1.04. The van der Waals surface area contributed by atoms with Crippen molar-refractivity contribution in [1.82, 2.24) is 14.9 Å². The summed E-state index contributed by atoms with van der Waals surface area (Å²) in [5.41, 5.74) is 1.02. The molecule has 2 heterocycles. The summed E-state index contributed by atoms with van der Waals surface area (Å²) in [6.45, 7) is 1.27. The Hall–Kier alpha value is -2.08. The Morgan fingerprint density at radius 1 is 1.45 bits per heavy atom. The van der Waals surface area contributed by atoms with Gasteiger partial charge in [0, 0.05) is 20.6 Å². The second-order valence-electron chi connectivity index (χ2n) is 6.06. The number of rotatable bonds is 3. The van der Waals surface area contributed by atoms with Gasteiger partial charge in [-0.1, -0.05) is 12.1 Å². The number of aromatic nitrogens is 2. The van der Waals surface area contributed by atoms with Gasteiger partial charge in [-0.05, 0) is 25.0 Å². The van der Waals surface area contributed by atoms with Crippen molar-refractivity contribution < 1.29 is 9.90 Å². The van der Waals surface area contributed by atoms with E-state index in [1.54, 1.807) is 7.05 Å². The van der Waals surface area contributed by atoms with Crippen LogP contribution in [0.4, 0.5) is 5.95 Å². The van der Waals surface area contributed by atoms with Crippen LogP contribution in [0.15, 0.2) is 24.3 Å². The second-order valence-corrected chi connectivity index (χ2v) is 6.06. The van der Waals surface area contributed by atoms with Crippen molar-refractivity contribution in [3.63, 3.8) is 0 Å². The van der Waals surface area contributed by atoms with Crippen LogP contribution < -0.4 is 10.2 Å². The molecule has 2 N–H and O–H groups in total. The molecule has 1 unspecified atom stereocenters. The molecule has 1 aromatic heterocycles. The van der Waals surface area contributed by atoms with E-state index in [1.807, 2.05) is 35.9 Å². The number of amides is 1. The number of carbonyl (C=O) groups excluding carboxylic acids is 1. The van der Waals surface area contributed by atoms with Gasteiger partial charge in [0.1, 0.15) is 0 Å². The maximum atomic E-state index is 11.6. The zero-order chi connectivity index (χ0) is 15.7. The third-order valence-electron chi connectivity index (χ3n) is 4.37. The monoisotopic (exact) mass is 302 g/mol. The predicted molar refractivity (Wildman–Crippen MR) is 85.8 cm³/mol. The molecule has 1 fully saturated rings. The minimum absolute atomic E-state index is 0.129. The van der Waals surface area contributed by atoms with Crippen molar-refractivity contribution in [2.24, 2.45) is 7.05 Å². The van der Waals surface area contributed by atoms with E-state index < -0.39 is 5.60 Å². The number of anilines is 1. The van der Waals surface area contributed by atoms with E-state index in [-0.39, 0.29) is 12.3 Å². The van der Waals surface area contributed by atoms with Crippen molar-refractivity contribution in [2.45, 2.75) is 24.9 Å². The fourth-order valence-corrected chi connectivity index (χ4v) is 3.23. The van der Waals surface area contributed by atoms with Gasteiger partial charge in [-0.2, -0.15) is 0 Å². The highest BCUT2D eigenvalue weighted by Crippen LogP contribution is 2.29. The first-order valence-corrected chi connectivity index (χ1v) is 7.62. The molecule has 2 aromatic rings. The number of benzene rings is 1. The molecule has 6 nitrogen and oxygen atoms in total. The minimum Gasteiger partial charge on any atom is -0.388 e. The van der Waals surface area contributed by atoms with Crippen LogP contribution in [0.2, 0.25) is 0 Å². The second kappa shape index (κ2) is 5.61. The van der Waals surface area contributed by atoms with Crippen LogP contribution in [-0.4, -0.2) is 46.3 Å². The molecule has 1 aliphatic heterocycles. The van der Waals surface area contributed by atoms with Gasteiger partial charge in [0.25, 0.3) is 0 Å². The standard InChI is InChI=1S/C16H22N4O2/c1-17-14(21)10-16(22)8-5-9-20(11-16)15-18-12-6-3-4-7-13(12)19(15)2/h3-4,6-7,22H,5,8-11H2,1-2H3,(H,17,21).